The minimum absolute atomic E-state index is 0.0185. The smallest absolute Gasteiger partial charge is 0.433 e. The van der Waals surface area contributed by atoms with Crippen molar-refractivity contribution >= 4 is 5.97 Å². The Kier molecular flexibility index (Phi) is 4.86. The standard InChI is InChI=1S/C5H3F3N2.C5H4N2O2/c6-5(7,8)4-1-2-9-3-10-4;8-5(9)4-1-2-6-3-7-4/h1-3H;1-3H,(H,8,9). The van der Waals surface area contributed by atoms with Crippen molar-refractivity contribution in [2.75, 3.05) is 0 Å². The Morgan fingerprint density at radius 3 is 1.89 bits per heavy atom. The minimum Gasteiger partial charge on any atom is -0.477 e. The van der Waals surface area contributed by atoms with Crippen LogP contribution in [-0.4, -0.2) is 31.0 Å². The van der Waals surface area contributed by atoms with Crippen molar-refractivity contribution in [1.82, 2.24) is 19.9 Å². The van der Waals surface area contributed by atoms with E-state index in [1.807, 2.05) is 0 Å². The maximum Gasteiger partial charge on any atom is 0.433 e. The van der Waals surface area contributed by atoms with Crippen LogP contribution in [0, 0.1) is 0 Å². The van der Waals surface area contributed by atoms with Gasteiger partial charge in [-0.1, -0.05) is 0 Å². The van der Waals surface area contributed by atoms with Gasteiger partial charge in [-0.3, -0.25) is 0 Å². The second-order valence-corrected chi connectivity index (χ2v) is 2.99. The number of carboxylic acid groups (broad SMARTS) is 1. The molecule has 9 heteroatoms. The molecule has 0 aliphatic heterocycles. The minimum atomic E-state index is -4.36. The molecule has 0 aliphatic carbocycles. The first-order valence-corrected chi connectivity index (χ1v) is 4.74. The van der Waals surface area contributed by atoms with Crippen LogP contribution in [0.4, 0.5) is 13.2 Å². The van der Waals surface area contributed by atoms with Gasteiger partial charge >= 0.3 is 12.1 Å². The second-order valence-electron chi connectivity index (χ2n) is 2.99. The molecule has 2 aromatic heterocycles. The Hall–Kier alpha value is -2.58. The molecular formula is C10H7F3N4O2. The predicted octanol–water partition coefficient (Wildman–Crippen LogP) is 1.67. The van der Waals surface area contributed by atoms with E-state index in [1.54, 1.807) is 0 Å². The molecule has 0 aromatic carbocycles. The summed E-state index contributed by atoms with van der Waals surface area (Å²) in [6.07, 6.45) is 0.140. The molecule has 0 spiro atoms. The lowest BCUT2D eigenvalue weighted by molar-refractivity contribution is -0.141. The van der Waals surface area contributed by atoms with Gasteiger partial charge in [0.25, 0.3) is 0 Å². The molecule has 2 heterocycles. The highest BCUT2D eigenvalue weighted by Gasteiger charge is 2.31. The SMILES string of the molecule is FC(F)(F)c1ccncn1.O=C(O)c1ccncn1. The first-order valence-electron chi connectivity index (χ1n) is 4.74. The summed E-state index contributed by atoms with van der Waals surface area (Å²) in [7, 11) is 0. The zero-order chi connectivity index (χ0) is 14.3. The van der Waals surface area contributed by atoms with Crippen molar-refractivity contribution < 1.29 is 23.1 Å². The lowest BCUT2D eigenvalue weighted by Gasteiger charge is -2.02. The summed E-state index contributed by atoms with van der Waals surface area (Å²) in [5.41, 5.74) is -0.896. The molecule has 0 unspecified atom stereocenters. The van der Waals surface area contributed by atoms with E-state index in [0.29, 0.717) is 0 Å². The van der Waals surface area contributed by atoms with E-state index < -0.39 is 17.8 Å². The van der Waals surface area contributed by atoms with Crippen molar-refractivity contribution in [1.29, 1.82) is 0 Å². The normalized spacial score (nSPS) is 10.3. The molecule has 0 aliphatic rings. The van der Waals surface area contributed by atoms with E-state index in [-0.39, 0.29) is 5.69 Å². The molecule has 19 heavy (non-hydrogen) atoms. The number of hydrogen-bond donors (Lipinski definition) is 1. The van der Waals surface area contributed by atoms with Crippen molar-refractivity contribution in [2.45, 2.75) is 6.18 Å². The lowest BCUT2D eigenvalue weighted by Crippen LogP contribution is -2.07. The van der Waals surface area contributed by atoms with Crippen LogP contribution in [0.5, 0.6) is 0 Å². The number of carboxylic acids is 1. The van der Waals surface area contributed by atoms with Crippen LogP contribution in [0.2, 0.25) is 0 Å². The van der Waals surface area contributed by atoms with Gasteiger partial charge in [0.1, 0.15) is 18.3 Å². The third kappa shape index (κ3) is 5.06. The third-order valence-corrected chi connectivity index (χ3v) is 1.67. The Morgan fingerprint density at radius 1 is 1.05 bits per heavy atom. The first kappa shape index (κ1) is 14.5. The molecule has 1 N–H and O–H groups in total. The number of hydrogen-bond acceptors (Lipinski definition) is 5. The quantitative estimate of drug-likeness (QED) is 0.849. The van der Waals surface area contributed by atoms with Gasteiger partial charge in [-0.15, -0.1) is 0 Å². The summed E-state index contributed by atoms with van der Waals surface area (Å²) in [4.78, 5) is 23.5. The fourth-order valence-corrected chi connectivity index (χ4v) is 0.876. The maximum atomic E-state index is 11.7. The largest absolute Gasteiger partial charge is 0.477 e. The lowest BCUT2D eigenvalue weighted by atomic mass is 10.4. The number of rotatable bonds is 1. The molecule has 0 saturated heterocycles. The molecular weight excluding hydrogens is 265 g/mol. The Morgan fingerprint density at radius 2 is 1.63 bits per heavy atom. The molecule has 0 amide bonds. The number of aromatic nitrogens is 4. The Balaban J connectivity index is 0.000000191. The van der Waals surface area contributed by atoms with Gasteiger partial charge < -0.3 is 5.11 Å². The topological polar surface area (TPSA) is 88.9 Å². The summed E-state index contributed by atoms with van der Waals surface area (Å²) in [5.74, 6) is -1.03. The monoisotopic (exact) mass is 272 g/mol. The summed E-state index contributed by atoms with van der Waals surface area (Å²) >= 11 is 0. The molecule has 2 rings (SSSR count). The molecule has 6 nitrogen and oxygen atoms in total. The molecule has 0 radical (unpaired) electrons. The fraction of sp³-hybridized carbons (Fsp3) is 0.100. The van der Waals surface area contributed by atoms with Gasteiger partial charge in [0, 0.05) is 12.4 Å². The average Bonchev–Trinajstić information content (AvgIpc) is 2.40. The van der Waals surface area contributed by atoms with E-state index in [4.69, 9.17) is 5.11 Å². The maximum absolute atomic E-state index is 11.7. The van der Waals surface area contributed by atoms with Crippen LogP contribution in [-0.2, 0) is 6.18 Å². The fourth-order valence-electron chi connectivity index (χ4n) is 0.876. The summed E-state index contributed by atoms with van der Waals surface area (Å²) in [5, 5.41) is 8.29. The summed E-state index contributed by atoms with van der Waals surface area (Å²) < 4.78 is 35.1. The van der Waals surface area contributed by atoms with Crippen molar-refractivity contribution in [2.24, 2.45) is 0 Å². The Bertz CT molecular complexity index is 519. The van der Waals surface area contributed by atoms with Gasteiger partial charge in [-0.2, -0.15) is 13.2 Å². The highest BCUT2D eigenvalue weighted by atomic mass is 19.4. The van der Waals surface area contributed by atoms with Crippen molar-refractivity contribution in [3.05, 3.63) is 48.6 Å². The summed E-state index contributed by atoms with van der Waals surface area (Å²) in [6, 6.07) is 2.16. The van der Waals surface area contributed by atoms with E-state index in [1.165, 1.54) is 18.6 Å². The van der Waals surface area contributed by atoms with Crippen LogP contribution in [0.25, 0.3) is 0 Å². The number of carbonyl (C=O) groups is 1. The van der Waals surface area contributed by atoms with Crippen LogP contribution in [0.15, 0.2) is 37.2 Å². The molecule has 2 aromatic rings. The van der Waals surface area contributed by atoms with Crippen LogP contribution < -0.4 is 0 Å². The number of aromatic carboxylic acids is 1. The molecule has 0 fully saturated rings. The van der Waals surface area contributed by atoms with Crippen molar-refractivity contribution in [3.63, 3.8) is 0 Å². The number of nitrogens with zero attached hydrogens (tertiary/aromatic N) is 4. The van der Waals surface area contributed by atoms with Gasteiger partial charge in [0.2, 0.25) is 0 Å². The molecule has 0 atom stereocenters. The number of halogens is 3. The van der Waals surface area contributed by atoms with Gasteiger partial charge in [0.15, 0.2) is 5.69 Å². The highest BCUT2D eigenvalue weighted by Crippen LogP contribution is 2.26. The molecule has 0 saturated carbocycles. The van der Waals surface area contributed by atoms with Gasteiger partial charge in [-0.25, -0.2) is 24.7 Å². The highest BCUT2D eigenvalue weighted by molar-refractivity contribution is 5.84. The number of alkyl halides is 3. The van der Waals surface area contributed by atoms with Crippen LogP contribution in [0.1, 0.15) is 16.2 Å². The predicted molar refractivity (Wildman–Crippen MR) is 56.0 cm³/mol. The average molecular weight is 272 g/mol. The van der Waals surface area contributed by atoms with Gasteiger partial charge in [0.05, 0.1) is 0 Å². The van der Waals surface area contributed by atoms with E-state index in [0.717, 1.165) is 18.6 Å². The zero-order valence-corrected chi connectivity index (χ0v) is 9.24. The second kappa shape index (κ2) is 6.38. The Labute approximate surface area is 105 Å². The van der Waals surface area contributed by atoms with E-state index in [2.05, 4.69) is 19.9 Å². The summed E-state index contributed by atoms with van der Waals surface area (Å²) in [6.45, 7) is 0. The first-order chi connectivity index (χ1) is 8.91. The molecule has 0 bridgehead atoms. The van der Waals surface area contributed by atoms with Crippen molar-refractivity contribution in [3.8, 4) is 0 Å². The van der Waals surface area contributed by atoms with E-state index in [9.17, 15) is 18.0 Å². The molecule has 100 valence electrons. The van der Waals surface area contributed by atoms with Crippen LogP contribution >= 0.6 is 0 Å². The zero-order valence-electron chi connectivity index (χ0n) is 9.24. The van der Waals surface area contributed by atoms with E-state index >= 15 is 0 Å². The third-order valence-electron chi connectivity index (χ3n) is 1.67. The van der Waals surface area contributed by atoms with Gasteiger partial charge in [-0.05, 0) is 12.1 Å². The van der Waals surface area contributed by atoms with Crippen LogP contribution in [0.3, 0.4) is 0 Å².